The number of hydrogen-bond donors (Lipinski definition) is 3. The van der Waals surface area contributed by atoms with Crippen molar-refractivity contribution in [3.63, 3.8) is 0 Å². The normalized spacial score (nSPS) is 11.1. The van der Waals surface area contributed by atoms with Gasteiger partial charge in [-0.05, 0) is 30.7 Å². The van der Waals surface area contributed by atoms with Gasteiger partial charge in [-0.2, -0.15) is 5.10 Å². The van der Waals surface area contributed by atoms with E-state index in [1.54, 1.807) is 13.0 Å². The number of hydrazine groups is 1. The molecule has 0 spiro atoms. The van der Waals surface area contributed by atoms with Crippen molar-refractivity contribution >= 4 is 21.7 Å². The van der Waals surface area contributed by atoms with E-state index >= 15 is 0 Å². The van der Waals surface area contributed by atoms with Crippen LogP contribution in [0.5, 0.6) is 0 Å². The Morgan fingerprint density at radius 1 is 0.964 bits per heavy atom. The lowest BCUT2D eigenvalue weighted by atomic mass is 10.1. The zero-order valence-electron chi connectivity index (χ0n) is 15.2. The third-order valence-electron chi connectivity index (χ3n) is 4.06. The van der Waals surface area contributed by atoms with Gasteiger partial charge in [0.1, 0.15) is 5.69 Å². The topological polar surface area (TPSA) is 121 Å². The minimum atomic E-state index is -3.45. The molecule has 8 nitrogen and oxygen atoms in total. The van der Waals surface area contributed by atoms with Crippen LogP contribution in [0.1, 0.15) is 26.4 Å². The van der Waals surface area contributed by atoms with Crippen LogP contribution in [0.4, 0.5) is 0 Å². The Hall–Kier alpha value is -3.46. The highest BCUT2D eigenvalue weighted by molar-refractivity contribution is 7.90. The maximum absolute atomic E-state index is 12.4. The average molecular weight is 398 g/mol. The smallest absolute Gasteiger partial charge is 0.272 e. The first kappa shape index (κ1) is 19.3. The van der Waals surface area contributed by atoms with Crippen molar-refractivity contribution in [2.45, 2.75) is 11.8 Å². The highest BCUT2D eigenvalue weighted by Gasteiger charge is 2.16. The van der Waals surface area contributed by atoms with E-state index in [4.69, 9.17) is 0 Å². The number of hydrogen-bond acceptors (Lipinski definition) is 5. The molecule has 0 unspecified atom stereocenters. The number of carbonyl (C=O) groups excluding carboxylic acids is 2. The first-order valence-electron chi connectivity index (χ1n) is 8.28. The van der Waals surface area contributed by atoms with Crippen molar-refractivity contribution in [2.75, 3.05) is 6.26 Å². The Morgan fingerprint density at radius 2 is 1.64 bits per heavy atom. The summed E-state index contributed by atoms with van der Waals surface area (Å²) in [5, 5.41) is 6.70. The Labute approximate surface area is 161 Å². The van der Waals surface area contributed by atoms with Crippen LogP contribution in [0.25, 0.3) is 11.3 Å². The van der Waals surface area contributed by atoms with Crippen LogP contribution in [-0.4, -0.2) is 36.7 Å². The molecule has 2 amide bonds. The molecule has 9 heteroatoms. The molecule has 0 saturated heterocycles. The zero-order valence-corrected chi connectivity index (χ0v) is 16.0. The lowest BCUT2D eigenvalue weighted by Gasteiger charge is -2.09. The average Bonchev–Trinajstić information content (AvgIpc) is 3.16. The largest absolute Gasteiger partial charge is 0.287 e. The van der Waals surface area contributed by atoms with E-state index < -0.39 is 21.7 Å². The van der Waals surface area contributed by atoms with Gasteiger partial charge in [0, 0.05) is 17.4 Å². The molecule has 3 rings (SSSR count). The second-order valence-corrected chi connectivity index (χ2v) is 8.21. The number of benzene rings is 2. The van der Waals surface area contributed by atoms with Gasteiger partial charge in [0.2, 0.25) is 0 Å². The number of rotatable bonds is 4. The number of aromatic amines is 1. The molecule has 0 bridgehead atoms. The fraction of sp³-hybridized carbons (Fsp3) is 0.105. The lowest BCUT2D eigenvalue weighted by molar-refractivity contribution is 0.0843. The predicted molar refractivity (Wildman–Crippen MR) is 103 cm³/mol. The van der Waals surface area contributed by atoms with Crippen LogP contribution in [0.2, 0.25) is 0 Å². The minimum Gasteiger partial charge on any atom is -0.272 e. The Kier molecular flexibility index (Phi) is 5.27. The summed E-state index contributed by atoms with van der Waals surface area (Å²) in [5.41, 5.74) is 6.90. The summed E-state index contributed by atoms with van der Waals surface area (Å²) in [5.74, 6) is -1.21. The Balaban J connectivity index is 1.70. The molecular weight excluding hydrogens is 380 g/mol. The molecular formula is C19H18N4O4S. The van der Waals surface area contributed by atoms with Crippen LogP contribution in [0.3, 0.4) is 0 Å². The van der Waals surface area contributed by atoms with Crippen molar-refractivity contribution in [1.29, 1.82) is 0 Å². The van der Waals surface area contributed by atoms with Gasteiger partial charge in [0.25, 0.3) is 11.8 Å². The van der Waals surface area contributed by atoms with Gasteiger partial charge in [0.15, 0.2) is 9.84 Å². The van der Waals surface area contributed by atoms with Gasteiger partial charge in [-0.3, -0.25) is 25.5 Å². The van der Waals surface area contributed by atoms with Gasteiger partial charge in [-0.15, -0.1) is 0 Å². The van der Waals surface area contributed by atoms with Gasteiger partial charge >= 0.3 is 0 Å². The molecule has 0 aliphatic rings. The number of nitrogens with zero attached hydrogens (tertiary/aromatic N) is 1. The molecule has 0 radical (unpaired) electrons. The molecule has 3 N–H and O–H groups in total. The Bertz CT molecular complexity index is 1140. The molecule has 1 aromatic heterocycles. The second kappa shape index (κ2) is 7.65. The number of aryl methyl sites for hydroxylation is 1. The number of sulfone groups is 1. The molecule has 0 fully saturated rings. The van der Waals surface area contributed by atoms with Crippen molar-refractivity contribution in [3.05, 3.63) is 71.4 Å². The van der Waals surface area contributed by atoms with Crippen molar-refractivity contribution in [2.24, 2.45) is 0 Å². The van der Waals surface area contributed by atoms with E-state index in [0.29, 0.717) is 11.3 Å². The highest BCUT2D eigenvalue weighted by Crippen LogP contribution is 2.17. The van der Waals surface area contributed by atoms with Crippen LogP contribution in [0, 0.1) is 6.92 Å². The third kappa shape index (κ3) is 4.26. The maximum Gasteiger partial charge on any atom is 0.287 e. The number of nitrogens with one attached hydrogen (secondary N) is 3. The van der Waals surface area contributed by atoms with Crippen LogP contribution in [-0.2, 0) is 9.84 Å². The molecule has 0 aliphatic heterocycles. The first-order valence-corrected chi connectivity index (χ1v) is 10.2. The predicted octanol–water partition coefficient (Wildman–Crippen LogP) is 1.86. The van der Waals surface area contributed by atoms with E-state index in [1.165, 1.54) is 18.2 Å². The maximum atomic E-state index is 12.4. The summed E-state index contributed by atoms with van der Waals surface area (Å²) in [6, 6.07) is 15.1. The number of amides is 2. The molecule has 0 saturated carbocycles. The van der Waals surface area contributed by atoms with Crippen molar-refractivity contribution in [3.8, 4) is 11.3 Å². The van der Waals surface area contributed by atoms with Crippen molar-refractivity contribution < 1.29 is 18.0 Å². The summed E-state index contributed by atoms with van der Waals surface area (Å²) in [4.78, 5) is 24.6. The van der Waals surface area contributed by atoms with Crippen LogP contribution in [0.15, 0.2) is 59.5 Å². The Morgan fingerprint density at radius 3 is 2.32 bits per heavy atom. The van der Waals surface area contributed by atoms with Crippen molar-refractivity contribution in [1.82, 2.24) is 21.0 Å². The number of aromatic nitrogens is 2. The summed E-state index contributed by atoms with van der Waals surface area (Å²) >= 11 is 0. The molecule has 0 aliphatic carbocycles. The summed E-state index contributed by atoms with van der Waals surface area (Å²) < 4.78 is 23.4. The zero-order chi connectivity index (χ0) is 20.3. The number of carbonyl (C=O) groups is 2. The fourth-order valence-electron chi connectivity index (χ4n) is 2.52. The van der Waals surface area contributed by atoms with Gasteiger partial charge in [0.05, 0.1) is 10.6 Å². The summed E-state index contributed by atoms with van der Waals surface area (Å²) in [7, 11) is -3.45. The molecule has 3 aromatic rings. The van der Waals surface area contributed by atoms with Gasteiger partial charge < -0.3 is 0 Å². The summed E-state index contributed by atoms with van der Waals surface area (Å²) in [6.07, 6.45) is 1.06. The minimum absolute atomic E-state index is 0.0237. The van der Waals surface area contributed by atoms with E-state index in [1.807, 2.05) is 30.3 Å². The quantitative estimate of drug-likeness (QED) is 0.579. The van der Waals surface area contributed by atoms with Gasteiger partial charge in [-0.25, -0.2) is 8.42 Å². The van der Waals surface area contributed by atoms with E-state index in [-0.39, 0.29) is 16.2 Å². The first-order chi connectivity index (χ1) is 13.3. The molecule has 144 valence electrons. The van der Waals surface area contributed by atoms with Gasteiger partial charge in [-0.1, -0.05) is 36.4 Å². The summed E-state index contributed by atoms with van der Waals surface area (Å²) in [6.45, 7) is 1.67. The highest BCUT2D eigenvalue weighted by atomic mass is 32.2. The molecule has 1 heterocycles. The lowest BCUT2D eigenvalue weighted by Crippen LogP contribution is -2.42. The van der Waals surface area contributed by atoms with Crippen LogP contribution < -0.4 is 10.9 Å². The third-order valence-corrected chi connectivity index (χ3v) is 5.17. The van der Waals surface area contributed by atoms with E-state index in [9.17, 15) is 18.0 Å². The van der Waals surface area contributed by atoms with Crippen LogP contribution >= 0.6 is 0 Å². The second-order valence-electron chi connectivity index (χ2n) is 6.19. The SMILES string of the molecule is Cc1ccc(S(C)(=O)=O)cc1C(=O)NNC(=O)c1cc(-c2ccccc2)n[nH]1. The van der Waals surface area contributed by atoms with E-state index in [0.717, 1.165) is 11.8 Å². The number of H-pyrrole nitrogens is 1. The molecule has 0 atom stereocenters. The van der Waals surface area contributed by atoms with E-state index in [2.05, 4.69) is 21.0 Å². The molecule has 28 heavy (non-hydrogen) atoms. The standard InChI is InChI=1S/C19H18N4O4S/c1-12-8-9-14(28(2,26)27)10-15(12)18(24)22-23-19(25)17-11-16(20-21-17)13-6-4-3-5-7-13/h3-11H,1-2H3,(H,20,21)(H,22,24)(H,23,25). The fourth-order valence-corrected chi connectivity index (χ4v) is 3.17. The monoisotopic (exact) mass is 398 g/mol. The molecule has 2 aromatic carbocycles.